The minimum atomic E-state index is -0.377. The molecule has 0 unspecified atom stereocenters. The monoisotopic (exact) mass is 340 g/mol. The zero-order chi connectivity index (χ0) is 17.6. The van der Waals surface area contributed by atoms with Crippen LogP contribution in [0.2, 0.25) is 0 Å². The molecule has 2 amide bonds. The fraction of sp³-hybridized carbons (Fsp3) is 0.350. The predicted octanol–water partition coefficient (Wildman–Crippen LogP) is 3.39. The Hall–Kier alpha value is -2.53. The lowest BCUT2D eigenvalue weighted by Gasteiger charge is -2.19. The van der Waals surface area contributed by atoms with Gasteiger partial charge < -0.3 is 20.1 Å². The zero-order valence-corrected chi connectivity index (χ0v) is 14.4. The number of aliphatic hydroxyl groups is 1. The third-order valence-corrected chi connectivity index (χ3v) is 4.57. The molecule has 0 aliphatic carbocycles. The molecule has 2 aromatic carbocycles. The Bertz CT molecular complexity index is 703. The van der Waals surface area contributed by atoms with Gasteiger partial charge in [-0.25, -0.2) is 4.79 Å². The third-order valence-electron chi connectivity index (χ3n) is 4.57. The van der Waals surface area contributed by atoms with Crippen LogP contribution in [0.3, 0.4) is 0 Å². The maximum Gasteiger partial charge on any atom is 0.317 e. The van der Waals surface area contributed by atoms with E-state index < -0.39 is 0 Å². The molecule has 0 radical (unpaired) electrons. The topological polar surface area (TPSA) is 61.8 Å². The number of hydrogen-bond donors (Lipinski definition) is 2. The highest BCUT2D eigenvalue weighted by Gasteiger charge is 2.28. The van der Waals surface area contributed by atoms with Crippen LogP contribution in [-0.2, 0) is 6.54 Å². The highest BCUT2D eigenvalue weighted by atomic mass is 16.5. The maximum absolute atomic E-state index is 12.3. The normalized spacial score (nSPS) is 18.0. The smallest absolute Gasteiger partial charge is 0.317 e. The van der Waals surface area contributed by atoms with Crippen molar-refractivity contribution in [3.63, 3.8) is 0 Å². The molecule has 25 heavy (non-hydrogen) atoms. The van der Waals surface area contributed by atoms with E-state index in [-0.39, 0.29) is 18.1 Å². The van der Waals surface area contributed by atoms with Crippen LogP contribution in [0.25, 0.3) is 0 Å². The van der Waals surface area contributed by atoms with Gasteiger partial charge >= 0.3 is 6.03 Å². The summed E-state index contributed by atoms with van der Waals surface area (Å²) in [7, 11) is 0. The molecule has 1 aliphatic rings. The molecule has 132 valence electrons. The summed E-state index contributed by atoms with van der Waals surface area (Å²) in [6.07, 6.45) is 0.469. The van der Waals surface area contributed by atoms with E-state index in [2.05, 4.69) is 5.32 Å². The molecule has 0 bridgehead atoms. The number of para-hydroxylation sites is 2. The van der Waals surface area contributed by atoms with Crippen LogP contribution in [0.1, 0.15) is 18.9 Å². The van der Waals surface area contributed by atoms with E-state index in [1.165, 1.54) is 0 Å². The van der Waals surface area contributed by atoms with Gasteiger partial charge in [0, 0.05) is 31.1 Å². The molecule has 2 N–H and O–H groups in total. The molecular formula is C20H24N2O3. The molecule has 1 aliphatic heterocycles. The second-order valence-electron chi connectivity index (χ2n) is 6.42. The van der Waals surface area contributed by atoms with Crippen molar-refractivity contribution in [2.45, 2.75) is 26.0 Å². The van der Waals surface area contributed by atoms with Gasteiger partial charge in [0.15, 0.2) is 0 Å². The van der Waals surface area contributed by atoms with Crippen molar-refractivity contribution < 1.29 is 14.6 Å². The van der Waals surface area contributed by atoms with Gasteiger partial charge in [0.1, 0.15) is 11.5 Å². The second-order valence-corrected chi connectivity index (χ2v) is 6.42. The Morgan fingerprint density at radius 2 is 1.96 bits per heavy atom. The Morgan fingerprint density at radius 3 is 2.68 bits per heavy atom. The van der Waals surface area contributed by atoms with Gasteiger partial charge in [-0.05, 0) is 31.5 Å². The number of benzene rings is 2. The number of ether oxygens (including phenoxy) is 1. The number of amides is 2. The SMILES string of the molecule is C[C@H](O)[C@H]1CCN(C(=O)NCc2ccccc2Oc2ccccc2)C1. The van der Waals surface area contributed by atoms with Crippen molar-refractivity contribution in [1.82, 2.24) is 10.2 Å². The average molecular weight is 340 g/mol. The zero-order valence-electron chi connectivity index (χ0n) is 14.4. The molecule has 2 atom stereocenters. The number of carbonyl (C=O) groups is 1. The number of rotatable bonds is 5. The first kappa shape index (κ1) is 17.3. The summed E-state index contributed by atoms with van der Waals surface area (Å²) in [6, 6.07) is 17.2. The van der Waals surface area contributed by atoms with Crippen molar-refractivity contribution in [2.24, 2.45) is 5.92 Å². The minimum absolute atomic E-state index is 0.0994. The van der Waals surface area contributed by atoms with Crippen molar-refractivity contribution in [2.75, 3.05) is 13.1 Å². The van der Waals surface area contributed by atoms with E-state index in [0.29, 0.717) is 19.6 Å². The molecule has 5 nitrogen and oxygen atoms in total. The number of hydrogen-bond acceptors (Lipinski definition) is 3. The van der Waals surface area contributed by atoms with Crippen LogP contribution in [-0.4, -0.2) is 35.2 Å². The summed E-state index contributed by atoms with van der Waals surface area (Å²) in [5.74, 6) is 1.66. The van der Waals surface area contributed by atoms with Crippen molar-refractivity contribution in [1.29, 1.82) is 0 Å². The summed E-state index contributed by atoms with van der Waals surface area (Å²) in [6.45, 7) is 3.47. The summed E-state index contributed by atoms with van der Waals surface area (Å²) in [4.78, 5) is 14.1. The Kier molecular flexibility index (Phi) is 5.56. The molecule has 3 rings (SSSR count). The van der Waals surface area contributed by atoms with Gasteiger partial charge in [0.25, 0.3) is 0 Å². The molecule has 1 fully saturated rings. The van der Waals surface area contributed by atoms with Crippen LogP contribution >= 0.6 is 0 Å². The lowest BCUT2D eigenvalue weighted by atomic mass is 10.0. The quantitative estimate of drug-likeness (QED) is 0.877. The van der Waals surface area contributed by atoms with Crippen LogP contribution in [0, 0.1) is 5.92 Å². The Labute approximate surface area is 148 Å². The molecule has 1 heterocycles. The lowest BCUT2D eigenvalue weighted by Crippen LogP contribution is -2.38. The number of nitrogens with zero attached hydrogens (tertiary/aromatic N) is 1. The molecule has 0 aromatic heterocycles. The van der Waals surface area contributed by atoms with E-state index in [1.807, 2.05) is 54.6 Å². The average Bonchev–Trinajstić information content (AvgIpc) is 3.12. The molecule has 2 aromatic rings. The van der Waals surface area contributed by atoms with E-state index in [4.69, 9.17) is 4.74 Å². The number of carbonyl (C=O) groups excluding carboxylic acids is 1. The first-order chi connectivity index (χ1) is 12.1. The van der Waals surface area contributed by atoms with Crippen molar-refractivity contribution in [3.05, 3.63) is 60.2 Å². The van der Waals surface area contributed by atoms with Crippen LogP contribution < -0.4 is 10.1 Å². The van der Waals surface area contributed by atoms with Gasteiger partial charge in [-0.15, -0.1) is 0 Å². The fourth-order valence-electron chi connectivity index (χ4n) is 3.01. The summed E-state index contributed by atoms with van der Waals surface area (Å²) >= 11 is 0. The standard InChI is InChI=1S/C20H24N2O3/c1-15(23)17-11-12-22(14-17)20(24)21-13-16-7-5-6-10-19(16)25-18-8-3-2-4-9-18/h2-10,15,17,23H,11-14H2,1H3,(H,21,24)/t15-,17-/m0/s1. The van der Waals surface area contributed by atoms with Crippen molar-refractivity contribution in [3.8, 4) is 11.5 Å². The van der Waals surface area contributed by atoms with Gasteiger partial charge in [0.2, 0.25) is 0 Å². The largest absolute Gasteiger partial charge is 0.457 e. The van der Waals surface area contributed by atoms with E-state index in [0.717, 1.165) is 23.5 Å². The van der Waals surface area contributed by atoms with E-state index in [1.54, 1.807) is 11.8 Å². The number of nitrogens with one attached hydrogen (secondary N) is 1. The van der Waals surface area contributed by atoms with Gasteiger partial charge in [-0.1, -0.05) is 36.4 Å². The Balaban J connectivity index is 1.59. The molecule has 5 heteroatoms. The highest BCUT2D eigenvalue weighted by molar-refractivity contribution is 5.74. The fourth-order valence-corrected chi connectivity index (χ4v) is 3.01. The molecule has 0 saturated carbocycles. The van der Waals surface area contributed by atoms with Crippen LogP contribution in [0.15, 0.2) is 54.6 Å². The lowest BCUT2D eigenvalue weighted by molar-refractivity contribution is 0.129. The summed E-state index contributed by atoms with van der Waals surface area (Å²) < 4.78 is 5.92. The number of urea groups is 1. The Morgan fingerprint density at radius 1 is 1.24 bits per heavy atom. The molecular weight excluding hydrogens is 316 g/mol. The predicted molar refractivity (Wildman–Crippen MR) is 96.6 cm³/mol. The molecule has 0 spiro atoms. The van der Waals surface area contributed by atoms with Crippen LogP contribution in [0.5, 0.6) is 11.5 Å². The highest BCUT2D eigenvalue weighted by Crippen LogP contribution is 2.25. The van der Waals surface area contributed by atoms with Crippen LogP contribution in [0.4, 0.5) is 4.79 Å². The van der Waals surface area contributed by atoms with Gasteiger partial charge in [-0.3, -0.25) is 0 Å². The number of likely N-dealkylation sites (tertiary alicyclic amines) is 1. The maximum atomic E-state index is 12.3. The summed E-state index contributed by atoms with van der Waals surface area (Å²) in [5, 5.41) is 12.6. The third kappa shape index (κ3) is 4.51. The van der Waals surface area contributed by atoms with E-state index >= 15 is 0 Å². The minimum Gasteiger partial charge on any atom is -0.457 e. The van der Waals surface area contributed by atoms with Gasteiger partial charge in [0.05, 0.1) is 6.10 Å². The first-order valence-corrected chi connectivity index (χ1v) is 8.65. The molecule has 1 saturated heterocycles. The second kappa shape index (κ2) is 8.03. The summed E-state index contributed by atoms with van der Waals surface area (Å²) in [5.41, 5.74) is 0.922. The van der Waals surface area contributed by atoms with Gasteiger partial charge in [-0.2, -0.15) is 0 Å². The van der Waals surface area contributed by atoms with Crippen molar-refractivity contribution >= 4 is 6.03 Å². The first-order valence-electron chi connectivity index (χ1n) is 8.65. The number of aliphatic hydroxyl groups excluding tert-OH is 1. The van der Waals surface area contributed by atoms with E-state index in [9.17, 15) is 9.90 Å².